The first-order valence-electron chi connectivity index (χ1n) is 8.68. The number of amides is 1. The Morgan fingerprint density at radius 3 is 2.96 bits per heavy atom. The van der Waals surface area contributed by atoms with Gasteiger partial charge in [-0.25, -0.2) is 0 Å². The van der Waals surface area contributed by atoms with Crippen molar-refractivity contribution in [1.82, 2.24) is 14.9 Å². The Balaban J connectivity index is 1.39. The minimum Gasteiger partial charge on any atom is -0.361 e. The molecule has 0 saturated heterocycles. The monoisotopic (exact) mass is 365 g/mol. The van der Waals surface area contributed by atoms with Crippen LogP contribution < -0.4 is 5.32 Å². The van der Waals surface area contributed by atoms with Gasteiger partial charge in [0.25, 0.3) is 0 Å². The van der Waals surface area contributed by atoms with E-state index in [1.807, 2.05) is 47.3 Å². The molecule has 4 nitrogen and oxygen atoms in total. The molecule has 0 spiro atoms. The van der Waals surface area contributed by atoms with Crippen LogP contribution in [0.2, 0.25) is 5.02 Å². The summed E-state index contributed by atoms with van der Waals surface area (Å²) in [4.78, 5) is 15.6. The molecule has 0 radical (unpaired) electrons. The molecule has 26 heavy (non-hydrogen) atoms. The van der Waals surface area contributed by atoms with E-state index in [0.29, 0.717) is 13.1 Å². The molecule has 0 atom stereocenters. The lowest BCUT2D eigenvalue weighted by Gasteiger charge is -2.08. The topological polar surface area (TPSA) is 49.8 Å². The van der Waals surface area contributed by atoms with Crippen molar-refractivity contribution >= 4 is 39.3 Å². The van der Waals surface area contributed by atoms with Gasteiger partial charge in [0.1, 0.15) is 6.54 Å². The number of rotatable bonds is 5. The van der Waals surface area contributed by atoms with Gasteiger partial charge in [-0.3, -0.25) is 4.79 Å². The van der Waals surface area contributed by atoms with Crippen LogP contribution in [0.25, 0.3) is 21.8 Å². The number of H-pyrrole nitrogens is 1. The number of aryl methyl sites for hydroxylation is 1. The van der Waals surface area contributed by atoms with Crippen LogP contribution in [0.1, 0.15) is 11.1 Å². The maximum absolute atomic E-state index is 12.3. The molecule has 1 amide bonds. The summed E-state index contributed by atoms with van der Waals surface area (Å²) in [5, 5.41) is 6.03. The van der Waals surface area contributed by atoms with Crippen molar-refractivity contribution in [3.63, 3.8) is 0 Å². The van der Waals surface area contributed by atoms with Crippen molar-refractivity contribution in [2.24, 2.45) is 0 Å². The molecule has 0 unspecified atom stereocenters. The van der Waals surface area contributed by atoms with E-state index < -0.39 is 0 Å². The van der Waals surface area contributed by atoms with Gasteiger partial charge >= 0.3 is 0 Å². The summed E-state index contributed by atoms with van der Waals surface area (Å²) in [7, 11) is 0. The SMILES string of the molecule is Cc1cccc2c1ccn2CC(=O)NCCc1c[nH]c2ccc(Cl)cc12. The molecular weight excluding hydrogens is 346 g/mol. The average Bonchev–Trinajstić information content (AvgIpc) is 3.20. The molecule has 2 aromatic heterocycles. The number of benzene rings is 2. The van der Waals surface area contributed by atoms with Crippen LogP contribution in [0.5, 0.6) is 0 Å². The molecule has 4 rings (SSSR count). The lowest BCUT2D eigenvalue weighted by Crippen LogP contribution is -2.29. The number of halogens is 1. The van der Waals surface area contributed by atoms with E-state index in [9.17, 15) is 4.79 Å². The largest absolute Gasteiger partial charge is 0.361 e. The van der Waals surface area contributed by atoms with Gasteiger partial charge in [-0.05, 0) is 54.8 Å². The number of aromatic nitrogens is 2. The normalized spacial score (nSPS) is 11.3. The summed E-state index contributed by atoms with van der Waals surface area (Å²) in [6, 6.07) is 14.0. The van der Waals surface area contributed by atoms with Crippen LogP contribution in [0.4, 0.5) is 0 Å². The maximum atomic E-state index is 12.3. The number of aromatic amines is 1. The van der Waals surface area contributed by atoms with E-state index in [-0.39, 0.29) is 5.91 Å². The molecule has 0 aliphatic rings. The fourth-order valence-electron chi connectivity index (χ4n) is 3.42. The molecule has 0 bridgehead atoms. The highest BCUT2D eigenvalue weighted by atomic mass is 35.5. The first-order valence-corrected chi connectivity index (χ1v) is 9.06. The van der Waals surface area contributed by atoms with Crippen molar-refractivity contribution < 1.29 is 4.79 Å². The van der Waals surface area contributed by atoms with Gasteiger partial charge in [-0.2, -0.15) is 0 Å². The number of fused-ring (bicyclic) bond motifs is 2. The van der Waals surface area contributed by atoms with E-state index in [1.165, 1.54) is 10.9 Å². The summed E-state index contributed by atoms with van der Waals surface area (Å²) in [6.07, 6.45) is 4.71. The van der Waals surface area contributed by atoms with Crippen LogP contribution in [-0.4, -0.2) is 22.0 Å². The Labute approximate surface area is 156 Å². The summed E-state index contributed by atoms with van der Waals surface area (Å²) in [5.74, 6) is 0.0156. The minimum atomic E-state index is 0.0156. The third kappa shape index (κ3) is 3.20. The lowest BCUT2D eigenvalue weighted by molar-refractivity contribution is -0.121. The van der Waals surface area contributed by atoms with Gasteiger partial charge in [0.2, 0.25) is 5.91 Å². The molecule has 2 heterocycles. The molecule has 132 valence electrons. The van der Waals surface area contributed by atoms with Crippen LogP contribution >= 0.6 is 11.6 Å². The van der Waals surface area contributed by atoms with Gasteiger partial charge in [0.05, 0.1) is 0 Å². The average molecular weight is 366 g/mol. The Bertz CT molecular complexity index is 1090. The standard InChI is InChI=1S/C21H20ClN3O/c1-14-3-2-4-20-17(14)8-10-25(20)13-21(26)23-9-7-15-12-24-19-6-5-16(22)11-18(15)19/h2-6,8,10-12,24H,7,9,13H2,1H3,(H,23,26). The van der Waals surface area contributed by atoms with Crippen molar-refractivity contribution in [2.75, 3.05) is 6.54 Å². The van der Waals surface area contributed by atoms with Crippen molar-refractivity contribution in [2.45, 2.75) is 19.9 Å². The minimum absolute atomic E-state index is 0.0156. The van der Waals surface area contributed by atoms with E-state index in [4.69, 9.17) is 11.6 Å². The molecular formula is C21H20ClN3O. The second-order valence-electron chi connectivity index (χ2n) is 6.56. The summed E-state index contributed by atoms with van der Waals surface area (Å²) in [5.41, 5.74) is 4.53. The van der Waals surface area contributed by atoms with Crippen LogP contribution in [0.3, 0.4) is 0 Å². The van der Waals surface area contributed by atoms with Gasteiger partial charge in [-0.15, -0.1) is 0 Å². The third-order valence-corrected chi connectivity index (χ3v) is 5.03. The van der Waals surface area contributed by atoms with E-state index in [0.717, 1.165) is 33.4 Å². The number of nitrogens with zero attached hydrogens (tertiary/aromatic N) is 1. The number of hydrogen-bond acceptors (Lipinski definition) is 1. The van der Waals surface area contributed by atoms with Crippen LogP contribution in [0.15, 0.2) is 54.9 Å². The number of nitrogens with one attached hydrogen (secondary N) is 2. The number of carbonyl (C=O) groups is 1. The predicted octanol–water partition coefficient (Wildman–Crippen LogP) is 4.44. The van der Waals surface area contributed by atoms with Crippen molar-refractivity contribution in [3.05, 3.63) is 71.0 Å². The highest BCUT2D eigenvalue weighted by Crippen LogP contribution is 2.22. The Hall–Kier alpha value is -2.72. The highest BCUT2D eigenvalue weighted by molar-refractivity contribution is 6.31. The fourth-order valence-corrected chi connectivity index (χ4v) is 3.59. The van der Waals surface area contributed by atoms with Gasteiger partial charge in [0.15, 0.2) is 0 Å². The third-order valence-electron chi connectivity index (χ3n) is 4.79. The van der Waals surface area contributed by atoms with Crippen molar-refractivity contribution in [3.8, 4) is 0 Å². The highest BCUT2D eigenvalue weighted by Gasteiger charge is 2.08. The molecule has 0 aliphatic heterocycles. The lowest BCUT2D eigenvalue weighted by atomic mass is 10.1. The first kappa shape index (κ1) is 16.7. The smallest absolute Gasteiger partial charge is 0.239 e. The predicted molar refractivity (Wildman–Crippen MR) is 107 cm³/mol. The molecule has 0 aliphatic carbocycles. The Morgan fingerprint density at radius 1 is 1.19 bits per heavy atom. The molecule has 5 heteroatoms. The quantitative estimate of drug-likeness (QED) is 0.539. The van der Waals surface area contributed by atoms with E-state index >= 15 is 0 Å². The number of carbonyl (C=O) groups excluding carboxylic acids is 1. The maximum Gasteiger partial charge on any atom is 0.239 e. The molecule has 2 aromatic carbocycles. The Morgan fingerprint density at radius 2 is 2.08 bits per heavy atom. The van der Waals surface area contributed by atoms with Crippen LogP contribution in [0, 0.1) is 6.92 Å². The van der Waals surface area contributed by atoms with E-state index in [2.05, 4.69) is 29.4 Å². The van der Waals surface area contributed by atoms with Gasteiger partial charge < -0.3 is 14.9 Å². The first-order chi connectivity index (χ1) is 12.6. The zero-order chi connectivity index (χ0) is 18.1. The van der Waals surface area contributed by atoms with Gasteiger partial charge in [0, 0.05) is 45.8 Å². The van der Waals surface area contributed by atoms with E-state index in [1.54, 1.807) is 0 Å². The zero-order valence-corrected chi connectivity index (χ0v) is 15.3. The second kappa shape index (κ2) is 6.89. The van der Waals surface area contributed by atoms with Crippen LogP contribution in [-0.2, 0) is 17.8 Å². The molecule has 0 saturated carbocycles. The Kier molecular flexibility index (Phi) is 4.43. The second-order valence-corrected chi connectivity index (χ2v) is 6.99. The summed E-state index contributed by atoms with van der Waals surface area (Å²) >= 11 is 6.08. The van der Waals surface area contributed by atoms with Gasteiger partial charge in [-0.1, -0.05) is 23.7 Å². The summed E-state index contributed by atoms with van der Waals surface area (Å²) < 4.78 is 1.99. The fraction of sp³-hybridized carbons (Fsp3) is 0.190. The molecule has 4 aromatic rings. The molecule has 2 N–H and O–H groups in total. The number of hydrogen-bond donors (Lipinski definition) is 2. The van der Waals surface area contributed by atoms with Crippen molar-refractivity contribution in [1.29, 1.82) is 0 Å². The molecule has 0 fully saturated rings. The summed E-state index contributed by atoms with van der Waals surface area (Å²) in [6.45, 7) is 3.00. The zero-order valence-electron chi connectivity index (χ0n) is 14.6.